The van der Waals surface area contributed by atoms with Crippen molar-refractivity contribution < 1.29 is 4.79 Å². The fraction of sp³-hybridized carbons (Fsp3) is 0.357. The van der Waals surface area contributed by atoms with Crippen LogP contribution >= 0.6 is 0 Å². The summed E-state index contributed by atoms with van der Waals surface area (Å²) in [7, 11) is 0. The van der Waals surface area contributed by atoms with Crippen LogP contribution in [0.3, 0.4) is 0 Å². The first kappa shape index (κ1) is 12.0. The molecule has 0 unspecified atom stereocenters. The number of amides is 1. The minimum Gasteiger partial charge on any atom is -0.336 e. The molecule has 98 valence electrons. The van der Waals surface area contributed by atoms with E-state index in [2.05, 4.69) is 9.97 Å². The molecule has 5 heteroatoms. The van der Waals surface area contributed by atoms with Crippen LogP contribution in [0.15, 0.2) is 30.5 Å². The van der Waals surface area contributed by atoms with Crippen molar-refractivity contribution in [2.75, 3.05) is 13.1 Å². The van der Waals surface area contributed by atoms with Gasteiger partial charge in [-0.15, -0.1) is 0 Å². The molecule has 1 aromatic carbocycles. The van der Waals surface area contributed by atoms with Crippen LogP contribution in [0.2, 0.25) is 0 Å². The number of hydrogen-bond donors (Lipinski definition) is 1. The van der Waals surface area contributed by atoms with E-state index in [1.165, 1.54) is 0 Å². The number of nitrogens with two attached hydrogens (primary N) is 1. The van der Waals surface area contributed by atoms with Crippen molar-refractivity contribution in [2.45, 2.75) is 18.9 Å². The van der Waals surface area contributed by atoms with Gasteiger partial charge in [0, 0.05) is 19.1 Å². The molecule has 0 bridgehead atoms. The van der Waals surface area contributed by atoms with E-state index in [4.69, 9.17) is 5.73 Å². The van der Waals surface area contributed by atoms with Gasteiger partial charge in [-0.25, -0.2) is 4.98 Å². The first-order chi connectivity index (χ1) is 9.24. The summed E-state index contributed by atoms with van der Waals surface area (Å²) in [6, 6.07) is 7.62. The van der Waals surface area contributed by atoms with Crippen LogP contribution in [0.1, 0.15) is 23.3 Å². The van der Waals surface area contributed by atoms with E-state index >= 15 is 0 Å². The van der Waals surface area contributed by atoms with Gasteiger partial charge in [-0.3, -0.25) is 9.78 Å². The Balaban J connectivity index is 1.88. The normalized spacial score (nSPS) is 19.6. The Labute approximate surface area is 111 Å². The van der Waals surface area contributed by atoms with E-state index in [1.807, 2.05) is 24.3 Å². The zero-order chi connectivity index (χ0) is 13.2. The molecule has 1 amide bonds. The predicted octanol–water partition coefficient (Wildman–Crippen LogP) is 1.19. The van der Waals surface area contributed by atoms with Gasteiger partial charge in [-0.1, -0.05) is 12.1 Å². The number of piperidine rings is 1. The van der Waals surface area contributed by atoms with Crippen LogP contribution in [0, 0.1) is 0 Å². The van der Waals surface area contributed by atoms with E-state index in [-0.39, 0.29) is 11.9 Å². The highest BCUT2D eigenvalue weighted by atomic mass is 16.2. The minimum absolute atomic E-state index is 0.0751. The summed E-state index contributed by atoms with van der Waals surface area (Å²) in [5.41, 5.74) is 7.84. The Hall–Kier alpha value is -2.01. The van der Waals surface area contributed by atoms with Gasteiger partial charge in [0.1, 0.15) is 5.69 Å². The smallest absolute Gasteiger partial charge is 0.274 e. The molecule has 19 heavy (non-hydrogen) atoms. The molecular weight excluding hydrogens is 240 g/mol. The highest BCUT2D eigenvalue weighted by molar-refractivity contribution is 5.93. The number of rotatable bonds is 1. The lowest BCUT2D eigenvalue weighted by Gasteiger charge is -2.30. The molecule has 1 aliphatic rings. The number of aromatic nitrogens is 2. The van der Waals surface area contributed by atoms with E-state index < -0.39 is 0 Å². The summed E-state index contributed by atoms with van der Waals surface area (Å²) in [5.74, 6) is -0.0756. The fourth-order valence-corrected chi connectivity index (χ4v) is 2.42. The number of benzene rings is 1. The molecule has 5 nitrogen and oxygen atoms in total. The standard InChI is InChI=1S/C14H16N4O/c15-10-4-3-7-18(9-10)14(19)13-8-16-11-5-1-2-6-12(11)17-13/h1-2,5-6,8,10H,3-4,7,9,15H2/t10-/m1/s1. The molecule has 1 aromatic heterocycles. The Kier molecular flexibility index (Phi) is 3.13. The average molecular weight is 256 g/mol. The number of carbonyl (C=O) groups excluding carboxylic acids is 1. The van der Waals surface area contributed by atoms with Crippen molar-refractivity contribution in [2.24, 2.45) is 5.73 Å². The topological polar surface area (TPSA) is 72.1 Å². The molecule has 1 saturated heterocycles. The molecule has 1 aliphatic heterocycles. The number of nitrogens with zero attached hydrogens (tertiary/aromatic N) is 3. The Bertz CT molecular complexity index is 613. The van der Waals surface area contributed by atoms with Crippen molar-refractivity contribution in [3.05, 3.63) is 36.2 Å². The van der Waals surface area contributed by atoms with Crippen LogP contribution in [-0.4, -0.2) is 39.9 Å². The van der Waals surface area contributed by atoms with Crippen LogP contribution in [0.25, 0.3) is 11.0 Å². The number of para-hydroxylation sites is 2. The molecule has 2 N–H and O–H groups in total. The first-order valence-electron chi connectivity index (χ1n) is 6.51. The third-order valence-corrected chi connectivity index (χ3v) is 3.41. The second-order valence-corrected chi connectivity index (χ2v) is 4.90. The van der Waals surface area contributed by atoms with Crippen LogP contribution in [0.5, 0.6) is 0 Å². The molecule has 2 aromatic rings. The number of hydrogen-bond acceptors (Lipinski definition) is 4. The van der Waals surface area contributed by atoms with Crippen molar-refractivity contribution >= 4 is 16.9 Å². The molecule has 0 spiro atoms. The maximum absolute atomic E-state index is 12.4. The third kappa shape index (κ3) is 2.42. The molecule has 1 atom stereocenters. The lowest BCUT2D eigenvalue weighted by molar-refractivity contribution is 0.0703. The quantitative estimate of drug-likeness (QED) is 0.832. The minimum atomic E-state index is -0.0756. The molecule has 0 radical (unpaired) electrons. The molecular formula is C14H16N4O. The number of likely N-dealkylation sites (tertiary alicyclic amines) is 1. The van der Waals surface area contributed by atoms with Crippen molar-refractivity contribution in [3.8, 4) is 0 Å². The largest absolute Gasteiger partial charge is 0.336 e. The second-order valence-electron chi connectivity index (χ2n) is 4.90. The van der Waals surface area contributed by atoms with Gasteiger partial charge >= 0.3 is 0 Å². The van der Waals surface area contributed by atoms with Crippen LogP contribution in [-0.2, 0) is 0 Å². The number of carbonyl (C=O) groups is 1. The molecule has 1 fully saturated rings. The Morgan fingerprint density at radius 2 is 2.11 bits per heavy atom. The van der Waals surface area contributed by atoms with Gasteiger partial charge in [-0.2, -0.15) is 0 Å². The maximum Gasteiger partial charge on any atom is 0.274 e. The highest BCUT2D eigenvalue weighted by Crippen LogP contribution is 2.13. The Morgan fingerprint density at radius 3 is 2.89 bits per heavy atom. The third-order valence-electron chi connectivity index (χ3n) is 3.41. The highest BCUT2D eigenvalue weighted by Gasteiger charge is 2.23. The van der Waals surface area contributed by atoms with Gasteiger partial charge in [0.05, 0.1) is 17.2 Å². The zero-order valence-electron chi connectivity index (χ0n) is 10.6. The predicted molar refractivity (Wildman–Crippen MR) is 72.7 cm³/mol. The van der Waals surface area contributed by atoms with E-state index in [0.29, 0.717) is 12.2 Å². The molecule has 0 aliphatic carbocycles. The summed E-state index contributed by atoms with van der Waals surface area (Å²) in [4.78, 5) is 22.8. The SMILES string of the molecule is N[C@@H]1CCCN(C(=O)c2cnc3ccccc3n2)C1. The van der Waals surface area contributed by atoms with Crippen molar-refractivity contribution in [1.29, 1.82) is 0 Å². The molecule has 3 rings (SSSR count). The summed E-state index contributed by atoms with van der Waals surface area (Å²) in [6.07, 6.45) is 3.48. The van der Waals surface area contributed by atoms with Crippen LogP contribution < -0.4 is 5.73 Å². The van der Waals surface area contributed by atoms with E-state index in [0.717, 1.165) is 30.4 Å². The number of fused-ring (bicyclic) bond motifs is 1. The summed E-state index contributed by atoms with van der Waals surface area (Å²) < 4.78 is 0. The van der Waals surface area contributed by atoms with Gasteiger partial charge in [0.2, 0.25) is 0 Å². The lowest BCUT2D eigenvalue weighted by Crippen LogP contribution is -2.45. The van der Waals surface area contributed by atoms with Crippen LogP contribution in [0.4, 0.5) is 0 Å². The lowest BCUT2D eigenvalue weighted by atomic mass is 10.1. The summed E-state index contributed by atoms with van der Waals surface area (Å²) >= 11 is 0. The average Bonchev–Trinajstić information content (AvgIpc) is 2.46. The Morgan fingerprint density at radius 1 is 1.32 bits per heavy atom. The van der Waals surface area contributed by atoms with Crippen molar-refractivity contribution in [1.82, 2.24) is 14.9 Å². The van der Waals surface area contributed by atoms with E-state index in [9.17, 15) is 4.79 Å². The first-order valence-corrected chi connectivity index (χ1v) is 6.51. The fourth-order valence-electron chi connectivity index (χ4n) is 2.42. The molecule has 0 saturated carbocycles. The second kappa shape index (κ2) is 4.93. The summed E-state index contributed by atoms with van der Waals surface area (Å²) in [5, 5.41) is 0. The van der Waals surface area contributed by atoms with Crippen molar-refractivity contribution in [3.63, 3.8) is 0 Å². The van der Waals surface area contributed by atoms with Gasteiger partial charge in [-0.05, 0) is 25.0 Å². The molecule has 2 heterocycles. The zero-order valence-corrected chi connectivity index (χ0v) is 10.6. The monoisotopic (exact) mass is 256 g/mol. The summed E-state index contributed by atoms with van der Waals surface area (Å²) in [6.45, 7) is 1.36. The van der Waals surface area contributed by atoms with E-state index in [1.54, 1.807) is 11.1 Å². The maximum atomic E-state index is 12.4. The van der Waals surface area contributed by atoms with Gasteiger partial charge < -0.3 is 10.6 Å². The van der Waals surface area contributed by atoms with Gasteiger partial charge in [0.15, 0.2) is 0 Å². The van der Waals surface area contributed by atoms with Gasteiger partial charge in [0.25, 0.3) is 5.91 Å².